The highest BCUT2D eigenvalue weighted by atomic mass is 32.2. The number of nitrogens with one attached hydrogen (secondary N) is 1. The second-order valence-corrected chi connectivity index (χ2v) is 8.46. The maximum absolute atomic E-state index is 12.3. The zero-order chi connectivity index (χ0) is 14.3. The van der Waals surface area contributed by atoms with Crippen LogP contribution in [0.2, 0.25) is 0 Å². The van der Waals surface area contributed by atoms with Gasteiger partial charge in [0, 0.05) is 13.1 Å². The quantitative estimate of drug-likeness (QED) is 0.774. The summed E-state index contributed by atoms with van der Waals surface area (Å²) in [7, 11) is -3.28. The fourth-order valence-electron chi connectivity index (χ4n) is 2.56. The van der Waals surface area contributed by atoms with Crippen LogP contribution in [0, 0.1) is 5.41 Å². The fourth-order valence-corrected chi connectivity index (χ4v) is 4.61. The van der Waals surface area contributed by atoms with Crippen LogP contribution in [-0.4, -0.2) is 56.2 Å². The Hall–Kier alpha value is -0.660. The molecule has 0 aromatic carbocycles. The predicted octanol–water partition coefficient (Wildman–Crippen LogP) is -0.0484. The van der Waals surface area contributed by atoms with Crippen molar-refractivity contribution in [3.05, 3.63) is 0 Å². The van der Waals surface area contributed by atoms with E-state index in [0.29, 0.717) is 19.5 Å². The fraction of sp³-hybridized carbons (Fsp3) is 0.917. The molecular formula is C12H22N2O4S. The Labute approximate surface area is 114 Å². The van der Waals surface area contributed by atoms with E-state index in [-0.39, 0.29) is 35.8 Å². The highest BCUT2D eigenvalue weighted by molar-refractivity contribution is 7.89. The Morgan fingerprint density at radius 1 is 1.42 bits per heavy atom. The molecule has 0 bridgehead atoms. The Kier molecular flexibility index (Phi) is 3.90. The van der Waals surface area contributed by atoms with Crippen molar-refractivity contribution >= 4 is 15.9 Å². The second-order valence-electron chi connectivity index (χ2n) is 6.49. The van der Waals surface area contributed by atoms with E-state index < -0.39 is 10.0 Å². The van der Waals surface area contributed by atoms with Gasteiger partial charge in [0.2, 0.25) is 15.9 Å². The van der Waals surface area contributed by atoms with Crippen LogP contribution < -0.4 is 5.32 Å². The third-order valence-corrected chi connectivity index (χ3v) is 5.65. The van der Waals surface area contributed by atoms with Gasteiger partial charge in [0.15, 0.2) is 0 Å². The molecule has 0 aromatic heterocycles. The Morgan fingerprint density at radius 2 is 2.11 bits per heavy atom. The minimum Gasteiger partial charge on any atom is -0.366 e. The molecule has 0 aromatic rings. The molecule has 0 unspecified atom stereocenters. The molecule has 2 aliphatic rings. The monoisotopic (exact) mass is 290 g/mol. The molecule has 1 N–H and O–H groups in total. The number of hydrogen-bond acceptors (Lipinski definition) is 4. The van der Waals surface area contributed by atoms with Crippen molar-refractivity contribution in [1.82, 2.24) is 9.62 Å². The van der Waals surface area contributed by atoms with Crippen LogP contribution in [0.25, 0.3) is 0 Å². The van der Waals surface area contributed by atoms with Crippen molar-refractivity contribution in [2.45, 2.75) is 39.3 Å². The van der Waals surface area contributed by atoms with E-state index in [2.05, 4.69) is 5.32 Å². The number of fused-ring (bicyclic) bond motifs is 1. The first-order chi connectivity index (χ1) is 8.67. The number of nitrogens with zero attached hydrogens (tertiary/aromatic N) is 1. The van der Waals surface area contributed by atoms with Gasteiger partial charge in [0.05, 0.1) is 17.9 Å². The number of hydrogen-bond donors (Lipinski definition) is 1. The normalized spacial score (nSPS) is 29.7. The van der Waals surface area contributed by atoms with Gasteiger partial charge >= 0.3 is 0 Å². The summed E-state index contributed by atoms with van der Waals surface area (Å²) in [5.41, 5.74) is -0.276. The molecule has 110 valence electrons. The first-order valence-corrected chi connectivity index (χ1v) is 8.17. The average molecular weight is 290 g/mol. The highest BCUT2D eigenvalue weighted by Gasteiger charge is 2.39. The van der Waals surface area contributed by atoms with Crippen LogP contribution in [0.1, 0.15) is 27.2 Å². The molecule has 7 heteroatoms. The van der Waals surface area contributed by atoms with Gasteiger partial charge in [-0.1, -0.05) is 20.8 Å². The Morgan fingerprint density at radius 3 is 2.74 bits per heavy atom. The van der Waals surface area contributed by atoms with Gasteiger partial charge in [-0.25, -0.2) is 8.42 Å². The van der Waals surface area contributed by atoms with Gasteiger partial charge in [0.25, 0.3) is 0 Å². The lowest BCUT2D eigenvalue weighted by Gasteiger charge is -2.41. The third-order valence-electron chi connectivity index (χ3n) is 3.30. The van der Waals surface area contributed by atoms with E-state index in [1.807, 2.05) is 20.8 Å². The third kappa shape index (κ3) is 3.67. The number of carbonyl (C=O) groups is 1. The number of morpholine rings is 1. The number of rotatable bonds is 2. The molecule has 2 atom stereocenters. The maximum Gasteiger partial charge on any atom is 0.246 e. The summed E-state index contributed by atoms with van der Waals surface area (Å²) < 4.78 is 31.6. The number of amides is 1. The summed E-state index contributed by atoms with van der Waals surface area (Å²) in [6, 6.07) is -0.218. The summed E-state index contributed by atoms with van der Waals surface area (Å²) in [6.07, 6.45) is 0.577. The van der Waals surface area contributed by atoms with E-state index in [9.17, 15) is 13.2 Å². The van der Waals surface area contributed by atoms with Crippen LogP contribution in [0.15, 0.2) is 0 Å². The zero-order valence-corrected chi connectivity index (χ0v) is 12.5. The van der Waals surface area contributed by atoms with Crippen molar-refractivity contribution in [2.75, 3.05) is 25.4 Å². The molecule has 2 aliphatic heterocycles. The molecular weight excluding hydrogens is 268 g/mol. The molecule has 19 heavy (non-hydrogen) atoms. The SMILES string of the molecule is CC(C)(C)CS(=O)(=O)N1CC[C@H]2OCC(=O)N[C@@H]2C1. The zero-order valence-electron chi connectivity index (χ0n) is 11.7. The van der Waals surface area contributed by atoms with E-state index in [1.165, 1.54) is 4.31 Å². The van der Waals surface area contributed by atoms with Gasteiger partial charge in [-0.3, -0.25) is 4.79 Å². The van der Waals surface area contributed by atoms with Crippen molar-refractivity contribution in [3.63, 3.8) is 0 Å². The predicted molar refractivity (Wildman–Crippen MR) is 71.1 cm³/mol. The summed E-state index contributed by atoms with van der Waals surface area (Å²) in [5.74, 6) is -0.0528. The van der Waals surface area contributed by atoms with Crippen LogP contribution >= 0.6 is 0 Å². The minimum absolute atomic E-state index is 0.0567. The topological polar surface area (TPSA) is 75.7 Å². The largest absolute Gasteiger partial charge is 0.366 e. The smallest absolute Gasteiger partial charge is 0.246 e. The van der Waals surface area contributed by atoms with Gasteiger partial charge in [-0.15, -0.1) is 0 Å². The van der Waals surface area contributed by atoms with Crippen LogP contribution in [-0.2, 0) is 19.6 Å². The molecule has 2 saturated heterocycles. The molecule has 6 nitrogen and oxygen atoms in total. The molecule has 2 rings (SSSR count). The summed E-state index contributed by atoms with van der Waals surface area (Å²) in [5, 5.41) is 2.81. The van der Waals surface area contributed by atoms with E-state index >= 15 is 0 Å². The summed E-state index contributed by atoms with van der Waals surface area (Å²) in [4.78, 5) is 11.3. The first kappa shape index (κ1) is 14.7. The van der Waals surface area contributed by atoms with E-state index in [0.717, 1.165) is 0 Å². The molecule has 2 heterocycles. The van der Waals surface area contributed by atoms with Crippen LogP contribution in [0.4, 0.5) is 0 Å². The van der Waals surface area contributed by atoms with Crippen molar-refractivity contribution in [2.24, 2.45) is 5.41 Å². The van der Waals surface area contributed by atoms with Crippen LogP contribution in [0.5, 0.6) is 0 Å². The van der Waals surface area contributed by atoms with Crippen molar-refractivity contribution < 1.29 is 17.9 Å². The summed E-state index contributed by atoms with van der Waals surface area (Å²) >= 11 is 0. The van der Waals surface area contributed by atoms with Crippen molar-refractivity contribution in [3.8, 4) is 0 Å². The molecule has 0 radical (unpaired) electrons. The Balaban J connectivity index is 2.05. The molecule has 0 aliphatic carbocycles. The van der Waals surface area contributed by atoms with Crippen molar-refractivity contribution in [1.29, 1.82) is 0 Å². The first-order valence-electron chi connectivity index (χ1n) is 6.56. The highest BCUT2D eigenvalue weighted by Crippen LogP contribution is 2.24. The lowest BCUT2D eigenvalue weighted by atomic mass is 10.0. The van der Waals surface area contributed by atoms with Gasteiger partial charge in [0.1, 0.15) is 6.61 Å². The van der Waals surface area contributed by atoms with Crippen LogP contribution in [0.3, 0.4) is 0 Å². The average Bonchev–Trinajstić information content (AvgIpc) is 2.24. The Bertz CT molecular complexity index is 455. The minimum atomic E-state index is -3.28. The number of piperidine rings is 1. The standard InChI is InChI=1S/C12H22N2O4S/c1-12(2,3)8-19(16,17)14-5-4-10-9(6-14)13-11(15)7-18-10/h9-10H,4-8H2,1-3H3,(H,13,15)/t9-,10-/m1/s1. The lowest BCUT2D eigenvalue weighted by Crippen LogP contribution is -2.61. The molecule has 0 spiro atoms. The van der Waals surface area contributed by atoms with E-state index in [4.69, 9.17) is 4.74 Å². The molecule has 0 saturated carbocycles. The summed E-state index contributed by atoms with van der Waals surface area (Å²) in [6.45, 7) is 6.58. The molecule has 1 amide bonds. The maximum atomic E-state index is 12.3. The number of ether oxygens (including phenoxy) is 1. The number of carbonyl (C=O) groups excluding carboxylic acids is 1. The van der Waals surface area contributed by atoms with E-state index in [1.54, 1.807) is 0 Å². The lowest BCUT2D eigenvalue weighted by molar-refractivity contribution is -0.139. The second kappa shape index (κ2) is 5.03. The number of sulfonamides is 1. The van der Waals surface area contributed by atoms with Gasteiger partial charge in [-0.2, -0.15) is 4.31 Å². The molecule has 2 fully saturated rings. The van der Waals surface area contributed by atoms with Gasteiger partial charge < -0.3 is 10.1 Å². The van der Waals surface area contributed by atoms with Gasteiger partial charge in [-0.05, 0) is 11.8 Å².